The Hall–Kier alpha value is -2.47. The van der Waals surface area contributed by atoms with Gasteiger partial charge < -0.3 is 14.2 Å². The molecular weight excluding hydrogens is 331 g/mol. The maximum absolute atomic E-state index is 13.7. The van der Waals surface area contributed by atoms with E-state index < -0.39 is 5.82 Å². The Kier molecular flexibility index (Phi) is 4.76. The number of rotatable bonds is 5. The van der Waals surface area contributed by atoms with E-state index in [0.29, 0.717) is 22.8 Å². The van der Waals surface area contributed by atoms with Gasteiger partial charge in [0.2, 0.25) is 0 Å². The topological polar surface area (TPSA) is 44.8 Å². The van der Waals surface area contributed by atoms with E-state index in [1.54, 1.807) is 24.3 Å². The molecule has 2 aromatic carbocycles. The minimum Gasteiger partial charge on any atom is -0.496 e. The molecule has 1 heterocycles. The van der Waals surface area contributed by atoms with Crippen molar-refractivity contribution in [3.8, 4) is 17.2 Å². The highest BCUT2D eigenvalue weighted by Crippen LogP contribution is 2.40. The SMILES string of the molecule is COc1ccc(/C=C/C(=O)c2cc3c(cc2OC)OCS3)cc1F. The molecule has 124 valence electrons. The van der Waals surface area contributed by atoms with E-state index >= 15 is 0 Å². The van der Waals surface area contributed by atoms with Gasteiger partial charge in [0, 0.05) is 6.07 Å². The highest BCUT2D eigenvalue weighted by atomic mass is 32.2. The van der Waals surface area contributed by atoms with Gasteiger partial charge in [-0.15, -0.1) is 0 Å². The van der Waals surface area contributed by atoms with E-state index in [1.165, 1.54) is 44.2 Å². The van der Waals surface area contributed by atoms with Crippen LogP contribution in [0, 0.1) is 5.82 Å². The van der Waals surface area contributed by atoms with Crippen LogP contribution < -0.4 is 14.2 Å². The first-order valence-corrected chi connectivity index (χ1v) is 8.14. The molecule has 0 spiro atoms. The second-order valence-electron chi connectivity index (χ2n) is 5.00. The summed E-state index contributed by atoms with van der Waals surface area (Å²) in [5.41, 5.74) is 1.01. The largest absolute Gasteiger partial charge is 0.496 e. The summed E-state index contributed by atoms with van der Waals surface area (Å²) < 4.78 is 29.3. The third-order valence-electron chi connectivity index (χ3n) is 3.56. The molecule has 0 aliphatic carbocycles. The molecule has 2 aromatic rings. The van der Waals surface area contributed by atoms with Gasteiger partial charge in [0.05, 0.1) is 24.7 Å². The van der Waals surface area contributed by atoms with Crippen LogP contribution in [0.2, 0.25) is 0 Å². The minimum absolute atomic E-state index is 0.163. The molecule has 1 aliphatic heterocycles. The van der Waals surface area contributed by atoms with Crippen molar-refractivity contribution in [2.45, 2.75) is 4.90 Å². The van der Waals surface area contributed by atoms with E-state index in [4.69, 9.17) is 14.2 Å². The summed E-state index contributed by atoms with van der Waals surface area (Å²) in [6.07, 6.45) is 2.95. The number of halogens is 1. The third-order valence-corrected chi connectivity index (χ3v) is 4.43. The number of hydrogen-bond acceptors (Lipinski definition) is 5. The van der Waals surface area contributed by atoms with Crippen molar-refractivity contribution < 1.29 is 23.4 Å². The molecule has 3 rings (SSSR count). The van der Waals surface area contributed by atoms with Crippen LogP contribution in [-0.2, 0) is 0 Å². The van der Waals surface area contributed by atoms with Gasteiger partial charge in [-0.05, 0) is 29.8 Å². The van der Waals surface area contributed by atoms with Gasteiger partial charge in [-0.25, -0.2) is 4.39 Å². The Balaban J connectivity index is 1.86. The molecule has 0 unspecified atom stereocenters. The Labute approximate surface area is 143 Å². The van der Waals surface area contributed by atoms with E-state index in [2.05, 4.69) is 0 Å². The van der Waals surface area contributed by atoms with Crippen LogP contribution >= 0.6 is 11.8 Å². The van der Waals surface area contributed by atoms with Crippen molar-refractivity contribution in [2.75, 3.05) is 20.2 Å². The summed E-state index contributed by atoms with van der Waals surface area (Å²) in [6, 6.07) is 7.97. The van der Waals surface area contributed by atoms with E-state index in [0.717, 1.165) is 10.6 Å². The van der Waals surface area contributed by atoms with Gasteiger partial charge in [-0.1, -0.05) is 23.9 Å². The highest BCUT2D eigenvalue weighted by Gasteiger charge is 2.19. The lowest BCUT2D eigenvalue weighted by Gasteiger charge is -2.08. The Morgan fingerprint density at radius 3 is 2.71 bits per heavy atom. The van der Waals surface area contributed by atoms with Crippen LogP contribution in [0.25, 0.3) is 6.08 Å². The highest BCUT2D eigenvalue weighted by molar-refractivity contribution is 7.99. The van der Waals surface area contributed by atoms with Crippen molar-refractivity contribution in [1.82, 2.24) is 0 Å². The first-order chi connectivity index (χ1) is 11.6. The minimum atomic E-state index is -0.476. The fourth-order valence-corrected chi connectivity index (χ4v) is 3.11. The number of fused-ring (bicyclic) bond motifs is 1. The molecule has 0 amide bonds. The predicted octanol–water partition coefficient (Wildman–Crippen LogP) is 4.18. The number of hydrogen-bond donors (Lipinski definition) is 0. The number of methoxy groups -OCH3 is 2. The third kappa shape index (κ3) is 3.23. The molecule has 0 atom stereocenters. The summed E-state index contributed by atoms with van der Waals surface area (Å²) >= 11 is 1.52. The number of allylic oxidation sites excluding steroid dienone is 1. The zero-order valence-electron chi connectivity index (χ0n) is 13.2. The standard InChI is InChI=1S/C18H15FO4S/c1-21-15-6-4-11(7-13(15)19)3-5-14(20)12-8-18-17(23-10-24-18)9-16(12)22-2/h3-9H,10H2,1-2H3/b5-3+. The van der Waals surface area contributed by atoms with E-state index in [-0.39, 0.29) is 11.5 Å². The van der Waals surface area contributed by atoms with Crippen molar-refractivity contribution in [3.05, 3.63) is 53.4 Å². The normalized spacial score (nSPS) is 12.8. The number of carbonyl (C=O) groups is 1. The predicted molar refractivity (Wildman–Crippen MR) is 90.7 cm³/mol. The molecule has 6 heteroatoms. The van der Waals surface area contributed by atoms with Crippen LogP contribution in [0.1, 0.15) is 15.9 Å². The second kappa shape index (κ2) is 6.97. The smallest absolute Gasteiger partial charge is 0.189 e. The van der Waals surface area contributed by atoms with Gasteiger partial charge in [0.1, 0.15) is 17.4 Å². The lowest BCUT2D eigenvalue weighted by molar-refractivity contribution is 0.104. The van der Waals surface area contributed by atoms with Gasteiger partial charge in [0.25, 0.3) is 0 Å². The summed E-state index contributed by atoms with van der Waals surface area (Å²) in [4.78, 5) is 13.4. The summed E-state index contributed by atoms with van der Waals surface area (Å²) in [5.74, 6) is 1.16. The molecule has 0 radical (unpaired) electrons. The second-order valence-corrected chi connectivity index (χ2v) is 5.96. The number of benzene rings is 2. The van der Waals surface area contributed by atoms with Crippen LogP contribution in [-0.4, -0.2) is 25.9 Å². The van der Waals surface area contributed by atoms with Gasteiger partial charge >= 0.3 is 0 Å². The number of thioether (sulfide) groups is 1. The molecule has 1 aliphatic rings. The molecule has 0 fully saturated rings. The quantitative estimate of drug-likeness (QED) is 0.600. The summed E-state index contributed by atoms with van der Waals surface area (Å²) in [7, 11) is 2.91. The average molecular weight is 346 g/mol. The fraction of sp³-hybridized carbons (Fsp3) is 0.167. The first kappa shape index (κ1) is 16.4. The van der Waals surface area contributed by atoms with Crippen LogP contribution in [0.3, 0.4) is 0 Å². The lowest BCUT2D eigenvalue weighted by Crippen LogP contribution is -1.99. The zero-order chi connectivity index (χ0) is 17.1. The summed E-state index contributed by atoms with van der Waals surface area (Å²) in [5, 5.41) is 0. The molecule has 4 nitrogen and oxygen atoms in total. The Bertz CT molecular complexity index is 817. The van der Waals surface area contributed by atoms with Crippen molar-refractivity contribution in [2.24, 2.45) is 0 Å². The van der Waals surface area contributed by atoms with Gasteiger partial charge in [-0.3, -0.25) is 4.79 Å². The summed E-state index contributed by atoms with van der Waals surface area (Å²) in [6.45, 7) is 0. The fourth-order valence-electron chi connectivity index (χ4n) is 2.33. The van der Waals surface area contributed by atoms with Crippen molar-refractivity contribution in [3.63, 3.8) is 0 Å². The zero-order valence-corrected chi connectivity index (χ0v) is 14.0. The molecule has 24 heavy (non-hydrogen) atoms. The van der Waals surface area contributed by atoms with E-state index in [9.17, 15) is 9.18 Å². The van der Waals surface area contributed by atoms with Crippen molar-refractivity contribution in [1.29, 1.82) is 0 Å². The number of ether oxygens (including phenoxy) is 3. The maximum Gasteiger partial charge on any atom is 0.189 e. The Morgan fingerprint density at radius 2 is 2.00 bits per heavy atom. The molecule has 0 aromatic heterocycles. The molecule has 0 saturated heterocycles. The average Bonchev–Trinajstić information content (AvgIpc) is 3.06. The number of ketones is 1. The monoisotopic (exact) mass is 346 g/mol. The van der Waals surface area contributed by atoms with Crippen molar-refractivity contribution >= 4 is 23.6 Å². The Morgan fingerprint density at radius 1 is 1.21 bits per heavy atom. The first-order valence-electron chi connectivity index (χ1n) is 7.16. The van der Waals surface area contributed by atoms with E-state index in [1.807, 2.05) is 0 Å². The van der Waals surface area contributed by atoms with Gasteiger partial charge in [-0.2, -0.15) is 0 Å². The molecule has 0 saturated carbocycles. The van der Waals surface area contributed by atoms with Crippen LogP contribution in [0.5, 0.6) is 17.2 Å². The van der Waals surface area contributed by atoms with Crippen LogP contribution in [0.4, 0.5) is 4.39 Å². The maximum atomic E-state index is 13.7. The molecular formula is C18H15FO4S. The lowest BCUT2D eigenvalue weighted by atomic mass is 10.1. The number of carbonyl (C=O) groups excluding carboxylic acids is 1. The van der Waals surface area contributed by atoms with Crippen LogP contribution in [0.15, 0.2) is 41.3 Å². The van der Waals surface area contributed by atoms with Gasteiger partial charge in [0.15, 0.2) is 17.3 Å². The molecule has 0 bridgehead atoms. The molecule has 0 N–H and O–H groups in total.